The quantitative estimate of drug-likeness (QED) is 0.711. The van der Waals surface area contributed by atoms with Gasteiger partial charge in [-0.1, -0.05) is 11.6 Å². The number of halogens is 1. The largest absolute Gasteiger partial charge is 0.306 e. The standard InChI is InChI=1S/C10H14ClN3/c1-14-4-2-8(3-5-14)9-6-13-10(11)7-12-9/h6-8H,2-5H2,1H3. The molecule has 14 heavy (non-hydrogen) atoms. The second-order valence-electron chi connectivity index (χ2n) is 3.84. The number of aromatic nitrogens is 2. The van der Waals surface area contributed by atoms with Crippen LogP contribution in [0.3, 0.4) is 0 Å². The third-order valence-electron chi connectivity index (χ3n) is 2.78. The molecule has 0 aliphatic carbocycles. The van der Waals surface area contributed by atoms with Crippen molar-refractivity contribution in [2.24, 2.45) is 0 Å². The number of nitrogens with zero attached hydrogens (tertiary/aromatic N) is 3. The van der Waals surface area contributed by atoms with E-state index in [-0.39, 0.29) is 0 Å². The van der Waals surface area contributed by atoms with Crippen LogP contribution in [0.4, 0.5) is 0 Å². The molecular weight excluding hydrogens is 198 g/mol. The summed E-state index contributed by atoms with van der Waals surface area (Å²) in [6.45, 7) is 2.30. The highest BCUT2D eigenvalue weighted by atomic mass is 35.5. The number of hydrogen-bond donors (Lipinski definition) is 0. The van der Waals surface area contributed by atoms with Gasteiger partial charge in [-0.15, -0.1) is 0 Å². The Kier molecular flexibility index (Phi) is 2.99. The number of rotatable bonds is 1. The monoisotopic (exact) mass is 211 g/mol. The molecule has 0 N–H and O–H groups in total. The topological polar surface area (TPSA) is 29.0 Å². The van der Waals surface area contributed by atoms with Crippen LogP contribution in [-0.2, 0) is 0 Å². The van der Waals surface area contributed by atoms with Crippen LogP contribution < -0.4 is 0 Å². The summed E-state index contributed by atoms with van der Waals surface area (Å²) in [7, 11) is 2.16. The van der Waals surface area contributed by atoms with E-state index >= 15 is 0 Å². The van der Waals surface area contributed by atoms with Gasteiger partial charge in [0.1, 0.15) is 5.15 Å². The van der Waals surface area contributed by atoms with Gasteiger partial charge in [0.2, 0.25) is 0 Å². The zero-order valence-electron chi connectivity index (χ0n) is 8.28. The maximum atomic E-state index is 5.69. The minimum atomic E-state index is 0.474. The highest BCUT2D eigenvalue weighted by molar-refractivity contribution is 6.29. The van der Waals surface area contributed by atoms with Gasteiger partial charge in [0.15, 0.2) is 0 Å². The Balaban J connectivity index is 2.05. The first-order valence-electron chi connectivity index (χ1n) is 4.91. The van der Waals surface area contributed by atoms with E-state index in [1.165, 1.54) is 12.8 Å². The van der Waals surface area contributed by atoms with E-state index in [4.69, 9.17) is 11.6 Å². The summed E-state index contributed by atoms with van der Waals surface area (Å²) in [5, 5.41) is 0.474. The zero-order chi connectivity index (χ0) is 9.97. The van der Waals surface area contributed by atoms with Crippen molar-refractivity contribution in [3.8, 4) is 0 Å². The average molecular weight is 212 g/mol. The molecule has 1 aromatic rings. The van der Waals surface area contributed by atoms with E-state index in [9.17, 15) is 0 Å². The van der Waals surface area contributed by atoms with Gasteiger partial charge >= 0.3 is 0 Å². The first kappa shape index (κ1) is 9.87. The van der Waals surface area contributed by atoms with Crippen molar-refractivity contribution in [2.45, 2.75) is 18.8 Å². The molecule has 0 amide bonds. The molecule has 2 heterocycles. The second kappa shape index (κ2) is 4.24. The lowest BCUT2D eigenvalue weighted by Crippen LogP contribution is -2.29. The van der Waals surface area contributed by atoms with Gasteiger partial charge in [0, 0.05) is 5.92 Å². The van der Waals surface area contributed by atoms with Crippen LogP contribution in [-0.4, -0.2) is 35.0 Å². The predicted molar refractivity (Wildman–Crippen MR) is 56.5 cm³/mol. The van der Waals surface area contributed by atoms with Crippen LogP contribution in [0.2, 0.25) is 5.15 Å². The summed E-state index contributed by atoms with van der Waals surface area (Å²) in [4.78, 5) is 10.7. The molecule has 0 radical (unpaired) electrons. The number of hydrogen-bond acceptors (Lipinski definition) is 3. The fourth-order valence-corrected chi connectivity index (χ4v) is 1.94. The van der Waals surface area contributed by atoms with Crippen LogP contribution in [0.15, 0.2) is 12.4 Å². The Morgan fingerprint density at radius 2 is 2.00 bits per heavy atom. The molecule has 2 rings (SSSR count). The smallest absolute Gasteiger partial charge is 0.147 e. The summed E-state index contributed by atoms with van der Waals surface area (Å²) in [5.74, 6) is 0.566. The van der Waals surface area contributed by atoms with E-state index in [2.05, 4.69) is 21.9 Å². The Morgan fingerprint density at radius 3 is 2.57 bits per heavy atom. The highest BCUT2D eigenvalue weighted by Crippen LogP contribution is 2.25. The molecule has 0 bridgehead atoms. The van der Waals surface area contributed by atoms with Gasteiger partial charge in [-0.05, 0) is 33.0 Å². The van der Waals surface area contributed by atoms with Crippen LogP contribution in [0, 0.1) is 0 Å². The molecule has 4 heteroatoms. The first-order valence-corrected chi connectivity index (χ1v) is 5.29. The molecule has 0 atom stereocenters. The summed E-state index contributed by atoms with van der Waals surface area (Å²) in [6.07, 6.45) is 5.78. The Labute approximate surface area is 89.1 Å². The van der Waals surface area contributed by atoms with Crippen LogP contribution in [0.5, 0.6) is 0 Å². The fraction of sp³-hybridized carbons (Fsp3) is 0.600. The lowest BCUT2D eigenvalue weighted by molar-refractivity contribution is 0.253. The zero-order valence-corrected chi connectivity index (χ0v) is 9.04. The van der Waals surface area contributed by atoms with Crippen molar-refractivity contribution >= 4 is 11.6 Å². The molecule has 1 aliphatic rings. The van der Waals surface area contributed by atoms with E-state index in [0.717, 1.165) is 18.8 Å². The molecule has 76 valence electrons. The van der Waals surface area contributed by atoms with E-state index < -0.39 is 0 Å². The molecule has 1 aromatic heterocycles. The summed E-state index contributed by atoms with van der Waals surface area (Å²) in [5.41, 5.74) is 1.09. The van der Waals surface area contributed by atoms with Gasteiger partial charge in [0.25, 0.3) is 0 Å². The van der Waals surface area contributed by atoms with Crippen LogP contribution in [0.1, 0.15) is 24.5 Å². The normalized spacial score (nSPS) is 19.9. The predicted octanol–water partition coefficient (Wildman–Crippen LogP) is 1.94. The maximum absolute atomic E-state index is 5.69. The van der Waals surface area contributed by atoms with Crippen molar-refractivity contribution in [1.82, 2.24) is 14.9 Å². The average Bonchev–Trinajstić information content (AvgIpc) is 2.21. The fourth-order valence-electron chi connectivity index (χ4n) is 1.84. The Bertz CT molecular complexity index is 291. The van der Waals surface area contributed by atoms with Crippen molar-refractivity contribution in [3.63, 3.8) is 0 Å². The van der Waals surface area contributed by atoms with Gasteiger partial charge in [-0.25, -0.2) is 4.98 Å². The third kappa shape index (κ3) is 2.22. The van der Waals surface area contributed by atoms with Crippen molar-refractivity contribution in [2.75, 3.05) is 20.1 Å². The summed E-state index contributed by atoms with van der Waals surface area (Å²) >= 11 is 5.69. The molecular formula is C10H14ClN3. The van der Waals surface area contributed by atoms with Gasteiger partial charge in [-0.3, -0.25) is 4.98 Å². The van der Waals surface area contributed by atoms with Gasteiger partial charge in [0.05, 0.1) is 18.1 Å². The molecule has 1 aliphatic heterocycles. The maximum Gasteiger partial charge on any atom is 0.147 e. The van der Waals surface area contributed by atoms with Crippen LogP contribution in [0.25, 0.3) is 0 Å². The van der Waals surface area contributed by atoms with Crippen molar-refractivity contribution < 1.29 is 0 Å². The SMILES string of the molecule is CN1CCC(c2cnc(Cl)cn2)CC1. The molecule has 0 unspecified atom stereocenters. The minimum Gasteiger partial charge on any atom is -0.306 e. The Morgan fingerprint density at radius 1 is 1.29 bits per heavy atom. The van der Waals surface area contributed by atoms with E-state index in [0.29, 0.717) is 11.1 Å². The van der Waals surface area contributed by atoms with E-state index in [1.54, 1.807) is 12.4 Å². The third-order valence-corrected chi connectivity index (χ3v) is 2.97. The minimum absolute atomic E-state index is 0.474. The number of likely N-dealkylation sites (tertiary alicyclic amines) is 1. The van der Waals surface area contributed by atoms with Crippen LogP contribution >= 0.6 is 11.6 Å². The first-order chi connectivity index (χ1) is 6.75. The molecule has 3 nitrogen and oxygen atoms in total. The number of piperidine rings is 1. The lowest BCUT2D eigenvalue weighted by Gasteiger charge is -2.28. The molecule has 0 spiro atoms. The van der Waals surface area contributed by atoms with Crippen molar-refractivity contribution in [3.05, 3.63) is 23.2 Å². The molecule has 1 saturated heterocycles. The Hall–Kier alpha value is -0.670. The van der Waals surface area contributed by atoms with E-state index in [1.807, 2.05) is 0 Å². The second-order valence-corrected chi connectivity index (χ2v) is 4.23. The highest BCUT2D eigenvalue weighted by Gasteiger charge is 2.19. The molecule has 0 aromatic carbocycles. The summed E-state index contributed by atoms with van der Waals surface area (Å²) in [6, 6.07) is 0. The summed E-state index contributed by atoms with van der Waals surface area (Å²) < 4.78 is 0. The molecule has 1 fully saturated rings. The van der Waals surface area contributed by atoms with Gasteiger partial charge in [-0.2, -0.15) is 0 Å². The lowest BCUT2D eigenvalue weighted by atomic mass is 9.94. The molecule has 0 saturated carbocycles. The van der Waals surface area contributed by atoms with Gasteiger partial charge < -0.3 is 4.90 Å². The van der Waals surface area contributed by atoms with Crippen molar-refractivity contribution in [1.29, 1.82) is 0 Å².